The molecule has 0 N–H and O–H groups in total. The standard InChI is InChI=1S/C17H19ClO4/c1-20-11-5-3-10(4-6-11)13-9-22-15-8-16(21-2)14(18)7-12(15)17(13)19/h3-6,9,12,14-16H,7-8H2,1-2H3. The monoisotopic (exact) mass is 322 g/mol. The van der Waals surface area contributed by atoms with Crippen molar-refractivity contribution >= 4 is 23.0 Å². The molecule has 0 aromatic heterocycles. The van der Waals surface area contributed by atoms with Crippen molar-refractivity contribution < 1.29 is 19.0 Å². The van der Waals surface area contributed by atoms with Gasteiger partial charge < -0.3 is 14.2 Å². The molecule has 1 aromatic carbocycles. The van der Waals surface area contributed by atoms with E-state index < -0.39 is 0 Å². The number of halogens is 1. The highest BCUT2D eigenvalue weighted by molar-refractivity contribution is 6.24. The number of carbonyl (C=O) groups excluding carboxylic acids is 1. The van der Waals surface area contributed by atoms with E-state index in [4.69, 9.17) is 25.8 Å². The second-order valence-corrected chi connectivity index (χ2v) is 6.23. The number of methoxy groups -OCH3 is 2. The highest BCUT2D eigenvalue weighted by atomic mass is 35.5. The number of allylic oxidation sites excluding steroid dienone is 1. The van der Waals surface area contributed by atoms with Gasteiger partial charge in [-0.15, -0.1) is 11.6 Å². The van der Waals surface area contributed by atoms with Crippen molar-refractivity contribution in [1.29, 1.82) is 0 Å². The summed E-state index contributed by atoms with van der Waals surface area (Å²) in [4.78, 5) is 12.8. The zero-order valence-corrected chi connectivity index (χ0v) is 13.4. The lowest BCUT2D eigenvalue weighted by Crippen LogP contribution is -2.46. The minimum atomic E-state index is -0.198. The Hall–Kier alpha value is -1.52. The molecule has 1 aliphatic heterocycles. The zero-order valence-electron chi connectivity index (χ0n) is 12.6. The van der Waals surface area contributed by atoms with Gasteiger partial charge in [0.1, 0.15) is 11.9 Å². The van der Waals surface area contributed by atoms with Crippen LogP contribution in [-0.2, 0) is 14.3 Å². The molecule has 1 aromatic rings. The topological polar surface area (TPSA) is 44.8 Å². The molecule has 5 heteroatoms. The lowest BCUT2D eigenvalue weighted by Gasteiger charge is -2.39. The smallest absolute Gasteiger partial charge is 0.173 e. The number of carbonyl (C=O) groups is 1. The zero-order chi connectivity index (χ0) is 15.7. The predicted octanol–water partition coefficient (Wildman–Crippen LogP) is 3.04. The van der Waals surface area contributed by atoms with Crippen molar-refractivity contribution in [2.45, 2.75) is 30.4 Å². The molecule has 0 radical (unpaired) electrons. The summed E-state index contributed by atoms with van der Waals surface area (Å²) in [5.74, 6) is 0.658. The average Bonchev–Trinajstić information content (AvgIpc) is 2.55. The molecule has 22 heavy (non-hydrogen) atoms. The lowest BCUT2D eigenvalue weighted by atomic mass is 9.77. The summed E-state index contributed by atoms with van der Waals surface area (Å²) >= 11 is 6.33. The van der Waals surface area contributed by atoms with Crippen LogP contribution in [0.4, 0.5) is 0 Å². The van der Waals surface area contributed by atoms with E-state index in [1.807, 2.05) is 24.3 Å². The number of ketones is 1. The van der Waals surface area contributed by atoms with Gasteiger partial charge in [0.05, 0.1) is 36.3 Å². The average molecular weight is 323 g/mol. The fraction of sp³-hybridized carbons (Fsp3) is 0.471. The molecule has 0 bridgehead atoms. The Bertz CT molecular complexity index is 581. The quantitative estimate of drug-likeness (QED) is 0.802. The Kier molecular flexibility index (Phi) is 4.41. The van der Waals surface area contributed by atoms with Crippen LogP contribution in [0, 0.1) is 5.92 Å². The number of fused-ring (bicyclic) bond motifs is 1. The van der Waals surface area contributed by atoms with Crippen molar-refractivity contribution in [2.75, 3.05) is 14.2 Å². The third kappa shape index (κ3) is 2.73. The maximum atomic E-state index is 12.8. The van der Waals surface area contributed by atoms with Crippen molar-refractivity contribution in [2.24, 2.45) is 5.92 Å². The van der Waals surface area contributed by atoms with Gasteiger partial charge in [0.15, 0.2) is 5.78 Å². The third-order valence-electron chi connectivity index (χ3n) is 4.46. The van der Waals surface area contributed by atoms with E-state index >= 15 is 0 Å². The van der Waals surface area contributed by atoms with E-state index in [0.717, 1.165) is 11.3 Å². The molecule has 0 spiro atoms. The van der Waals surface area contributed by atoms with Crippen LogP contribution in [0.1, 0.15) is 18.4 Å². The molecule has 1 saturated carbocycles. The Morgan fingerprint density at radius 2 is 1.91 bits per heavy atom. The summed E-state index contributed by atoms with van der Waals surface area (Å²) in [6.45, 7) is 0. The van der Waals surface area contributed by atoms with Crippen LogP contribution in [0.25, 0.3) is 5.57 Å². The van der Waals surface area contributed by atoms with Crippen LogP contribution in [0.15, 0.2) is 30.5 Å². The van der Waals surface area contributed by atoms with E-state index in [1.54, 1.807) is 20.5 Å². The van der Waals surface area contributed by atoms with Crippen LogP contribution >= 0.6 is 11.6 Å². The Balaban J connectivity index is 1.83. The minimum Gasteiger partial charge on any atom is -0.497 e. The second kappa shape index (κ2) is 6.31. The summed E-state index contributed by atoms with van der Waals surface area (Å²) in [5.41, 5.74) is 1.44. The first-order valence-electron chi connectivity index (χ1n) is 7.35. The van der Waals surface area contributed by atoms with Gasteiger partial charge in [0, 0.05) is 13.5 Å². The first kappa shape index (κ1) is 15.4. The van der Waals surface area contributed by atoms with Gasteiger partial charge in [-0.3, -0.25) is 4.79 Å². The van der Waals surface area contributed by atoms with Gasteiger partial charge in [-0.25, -0.2) is 0 Å². The summed E-state index contributed by atoms with van der Waals surface area (Å²) in [6.07, 6.45) is 2.60. The van der Waals surface area contributed by atoms with Gasteiger partial charge in [-0.05, 0) is 24.1 Å². The van der Waals surface area contributed by atoms with Crippen LogP contribution in [0.5, 0.6) is 5.75 Å². The Morgan fingerprint density at radius 3 is 2.55 bits per heavy atom. The molecule has 2 aliphatic rings. The van der Waals surface area contributed by atoms with E-state index in [0.29, 0.717) is 18.4 Å². The van der Waals surface area contributed by atoms with Gasteiger partial charge in [0.2, 0.25) is 0 Å². The molecule has 1 heterocycles. The van der Waals surface area contributed by atoms with E-state index in [-0.39, 0.29) is 29.3 Å². The van der Waals surface area contributed by atoms with Gasteiger partial charge in [-0.1, -0.05) is 12.1 Å². The molecule has 0 amide bonds. The predicted molar refractivity (Wildman–Crippen MR) is 84.0 cm³/mol. The van der Waals surface area contributed by atoms with Crippen molar-refractivity contribution in [3.63, 3.8) is 0 Å². The van der Waals surface area contributed by atoms with E-state index in [2.05, 4.69) is 0 Å². The Labute approximate surface area is 135 Å². The second-order valence-electron chi connectivity index (χ2n) is 5.67. The van der Waals surface area contributed by atoms with Crippen LogP contribution in [0.3, 0.4) is 0 Å². The van der Waals surface area contributed by atoms with Crippen molar-refractivity contribution in [3.8, 4) is 5.75 Å². The largest absolute Gasteiger partial charge is 0.497 e. The van der Waals surface area contributed by atoms with E-state index in [1.165, 1.54) is 0 Å². The normalized spacial score (nSPS) is 31.0. The highest BCUT2D eigenvalue weighted by Crippen LogP contribution is 2.39. The first-order valence-corrected chi connectivity index (χ1v) is 7.78. The molecular weight excluding hydrogens is 304 g/mol. The lowest BCUT2D eigenvalue weighted by molar-refractivity contribution is -0.127. The third-order valence-corrected chi connectivity index (χ3v) is 4.92. The van der Waals surface area contributed by atoms with Crippen molar-refractivity contribution in [1.82, 2.24) is 0 Å². The molecular formula is C17H19ClO4. The van der Waals surface area contributed by atoms with Gasteiger partial charge >= 0.3 is 0 Å². The Morgan fingerprint density at radius 1 is 1.18 bits per heavy atom. The number of Topliss-reactive ketones (excluding diaryl/α,β-unsaturated/α-hetero) is 1. The van der Waals surface area contributed by atoms with Crippen molar-refractivity contribution in [3.05, 3.63) is 36.1 Å². The number of rotatable bonds is 3. The summed E-state index contributed by atoms with van der Waals surface area (Å²) < 4.78 is 16.3. The summed E-state index contributed by atoms with van der Waals surface area (Å²) in [5, 5.41) is -0.158. The number of hydrogen-bond acceptors (Lipinski definition) is 4. The number of benzene rings is 1. The molecule has 4 nitrogen and oxygen atoms in total. The van der Waals surface area contributed by atoms with Crippen LogP contribution in [-0.4, -0.2) is 37.6 Å². The number of ether oxygens (including phenoxy) is 3. The summed E-state index contributed by atoms with van der Waals surface area (Å²) in [7, 11) is 3.26. The molecule has 1 fully saturated rings. The molecule has 3 rings (SSSR count). The SMILES string of the molecule is COc1ccc(C2=COC3CC(OC)C(Cl)CC3C2=O)cc1. The molecule has 1 aliphatic carbocycles. The fourth-order valence-corrected chi connectivity index (χ4v) is 3.55. The molecule has 118 valence electrons. The van der Waals surface area contributed by atoms with E-state index in [9.17, 15) is 4.79 Å². The molecule has 4 unspecified atom stereocenters. The maximum absolute atomic E-state index is 12.8. The first-order chi connectivity index (χ1) is 10.6. The maximum Gasteiger partial charge on any atom is 0.173 e. The number of alkyl halides is 1. The van der Waals surface area contributed by atoms with Crippen LogP contribution in [0.2, 0.25) is 0 Å². The number of hydrogen-bond donors (Lipinski definition) is 0. The summed E-state index contributed by atoms with van der Waals surface area (Å²) in [6, 6.07) is 7.40. The van der Waals surface area contributed by atoms with Gasteiger partial charge in [-0.2, -0.15) is 0 Å². The fourth-order valence-electron chi connectivity index (χ4n) is 3.15. The molecule has 0 saturated heterocycles. The van der Waals surface area contributed by atoms with Crippen LogP contribution < -0.4 is 4.74 Å². The van der Waals surface area contributed by atoms with Gasteiger partial charge in [0.25, 0.3) is 0 Å². The highest BCUT2D eigenvalue weighted by Gasteiger charge is 2.44. The minimum absolute atomic E-state index is 0.0633. The molecule has 4 atom stereocenters.